The smallest absolute Gasteiger partial charge is 0.0480 e. The predicted octanol–water partition coefficient (Wildman–Crippen LogP) is 5.71. The highest BCUT2D eigenvalue weighted by atomic mass is 32.2. The Hall–Kier alpha value is -0.630. The molecular formula is C18H27NS. The fourth-order valence-corrected chi connectivity index (χ4v) is 5.03. The third-order valence-electron chi connectivity index (χ3n) is 4.97. The number of nitrogens with one attached hydrogen (secondary N) is 1. The van der Waals surface area contributed by atoms with Gasteiger partial charge in [-0.1, -0.05) is 37.8 Å². The van der Waals surface area contributed by atoms with Gasteiger partial charge in [0.2, 0.25) is 0 Å². The first kappa shape index (κ1) is 14.3. The minimum atomic E-state index is 0.614. The van der Waals surface area contributed by atoms with E-state index in [-0.39, 0.29) is 0 Å². The molecule has 1 N–H and O–H groups in total. The van der Waals surface area contributed by atoms with E-state index in [1.165, 1.54) is 61.9 Å². The molecule has 110 valence electrons. The molecule has 0 spiro atoms. The van der Waals surface area contributed by atoms with Gasteiger partial charge in [-0.05, 0) is 50.7 Å². The van der Waals surface area contributed by atoms with Crippen molar-refractivity contribution in [2.45, 2.75) is 74.5 Å². The molecule has 0 bridgehead atoms. The zero-order valence-electron chi connectivity index (χ0n) is 12.6. The standard InChI is InChI=1S/C18H27NS/c1-14(15-8-2-3-9-15)19-17-12-6-7-13-18(17)20-16-10-4-5-11-16/h6-7,12-16,19H,2-5,8-11H2,1H3. The summed E-state index contributed by atoms with van der Waals surface area (Å²) in [4.78, 5) is 1.46. The van der Waals surface area contributed by atoms with E-state index in [9.17, 15) is 0 Å². The lowest BCUT2D eigenvalue weighted by atomic mass is 9.99. The van der Waals surface area contributed by atoms with E-state index >= 15 is 0 Å². The zero-order chi connectivity index (χ0) is 13.8. The minimum Gasteiger partial charge on any atom is -0.381 e. The highest BCUT2D eigenvalue weighted by Crippen LogP contribution is 2.39. The molecule has 2 saturated carbocycles. The van der Waals surface area contributed by atoms with Crippen LogP contribution in [-0.2, 0) is 0 Å². The summed E-state index contributed by atoms with van der Waals surface area (Å²) in [5, 5.41) is 4.65. The van der Waals surface area contributed by atoms with Gasteiger partial charge in [-0.15, -0.1) is 11.8 Å². The van der Waals surface area contributed by atoms with Gasteiger partial charge in [-0.25, -0.2) is 0 Å². The van der Waals surface area contributed by atoms with Crippen molar-refractivity contribution in [3.8, 4) is 0 Å². The molecule has 1 unspecified atom stereocenters. The van der Waals surface area contributed by atoms with Crippen LogP contribution >= 0.6 is 11.8 Å². The number of hydrogen-bond donors (Lipinski definition) is 1. The number of hydrogen-bond acceptors (Lipinski definition) is 2. The van der Waals surface area contributed by atoms with E-state index < -0.39 is 0 Å². The van der Waals surface area contributed by atoms with Crippen LogP contribution in [0.25, 0.3) is 0 Å². The van der Waals surface area contributed by atoms with Gasteiger partial charge in [0.25, 0.3) is 0 Å². The van der Waals surface area contributed by atoms with Crippen LogP contribution in [0.5, 0.6) is 0 Å². The van der Waals surface area contributed by atoms with E-state index in [1.54, 1.807) is 0 Å². The molecule has 0 amide bonds. The van der Waals surface area contributed by atoms with Crippen molar-refractivity contribution in [3.63, 3.8) is 0 Å². The Morgan fingerprint density at radius 1 is 1.00 bits per heavy atom. The summed E-state index contributed by atoms with van der Waals surface area (Å²) in [6.07, 6.45) is 11.3. The quantitative estimate of drug-likeness (QED) is 0.745. The number of thioether (sulfide) groups is 1. The van der Waals surface area contributed by atoms with Crippen molar-refractivity contribution in [1.82, 2.24) is 0 Å². The maximum atomic E-state index is 3.81. The number of rotatable bonds is 5. The van der Waals surface area contributed by atoms with Gasteiger partial charge in [-0.2, -0.15) is 0 Å². The van der Waals surface area contributed by atoms with E-state index in [4.69, 9.17) is 0 Å². The summed E-state index contributed by atoms with van der Waals surface area (Å²) in [6.45, 7) is 2.37. The number of anilines is 1. The third-order valence-corrected chi connectivity index (χ3v) is 6.39. The van der Waals surface area contributed by atoms with Crippen LogP contribution in [0.4, 0.5) is 5.69 Å². The molecule has 2 aliphatic rings. The number of para-hydroxylation sites is 1. The van der Waals surface area contributed by atoms with E-state index in [0.29, 0.717) is 6.04 Å². The van der Waals surface area contributed by atoms with Gasteiger partial charge in [0.1, 0.15) is 0 Å². The normalized spacial score (nSPS) is 22.2. The average Bonchev–Trinajstić information content (AvgIpc) is 3.13. The summed E-state index contributed by atoms with van der Waals surface area (Å²) in [5.41, 5.74) is 1.36. The van der Waals surface area contributed by atoms with Gasteiger partial charge in [-0.3, -0.25) is 0 Å². The molecule has 0 saturated heterocycles. The second kappa shape index (κ2) is 6.89. The highest BCUT2D eigenvalue weighted by Gasteiger charge is 2.23. The number of benzene rings is 1. The van der Waals surface area contributed by atoms with Crippen LogP contribution in [0.3, 0.4) is 0 Å². The van der Waals surface area contributed by atoms with Crippen LogP contribution in [0.1, 0.15) is 58.3 Å². The van der Waals surface area contributed by atoms with Gasteiger partial charge < -0.3 is 5.32 Å². The molecule has 2 fully saturated rings. The van der Waals surface area contributed by atoms with Crippen molar-refractivity contribution in [1.29, 1.82) is 0 Å². The first-order valence-electron chi connectivity index (χ1n) is 8.35. The Bertz CT molecular complexity index is 419. The Labute approximate surface area is 127 Å². The molecule has 1 aromatic carbocycles. The molecule has 1 atom stereocenters. The topological polar surface area (TPSA) is 12.0 Å². The van der Waals surface area contributed by atoms with Crippen molar-refractivity contribution < 1.29 is 0 Å². The summed E-state index contributed by atoms with van der Waals surface area (Å²) >= 11 is 2.10. The van der Waals surface area contributed by atoms with E-state index in [0.717, 1.165) is 11.2 Å². The van der Waals surface area contributed by atoms with Gasteiger partial charge in [0.15, 0.2) is 0 Å². The van der Waals surface area contributed by atoms with Crippen LogP contribution in [0.2, 0.25) is 0 Å². The van der Waals surface area contributed by atoms with Crippen LogP contribution < -0.4 is 5.32 Å². The Kier molecular flexibility index (Phi) is 4.93. The summed E-state index contributed by atoms with van der Waals surface area (Å²) in [5.74, 6) is 0.875. The Morgan fingerprint density at radius 2 is 1.65 bits per heavy atom. The highest BCUT2D eigenvalue weighted by molar-refractivity contribution is 8.00. The molecule has 1 aromatic rings. The molecule has 0 heterocycles. The summed E-state index contributed by atoms with van der Waals surface area (Å²) in [7, 11) is 0. The molecule has 2 heteroatoms. The van der Waals surface area contributed by atoms with Crippen LogP contribution in [-0.4, -0.2) is 11.3 Å². The fraction of sp³-hybridized carbons (Fsp3) is 0.667. The van der Waals surface area contributed by atoms with Gasteiger partial charge in [0, 0.05) is 21.9 Å². The van der Waals surface area contributed by atoms with Crippen molar-refractivity contribution in [2.75, 3.05) is 5.32 Å². The minimum absolute atomic E-state index is 0.614. The second-order valence-electron chi connectivity index (χ2n) is 6.50. The first-order valence-corrected chi connectivity index (χ1v) is 9.23. The lowest BCUT2D eigenvalue weighted by Gasteiger charge is -2.23. The van der Waals surface area contributed by atoms with Crippen molar-refractivity contribution >= 4 is 17.4 Å². The van der Waals surface area contributed by atoms with E-state index in [1.807, 2.05) is 0 Å². The molecule has 2 aliphatic carbocycles. The second-order valence-corrected chi connectivity index (χ2v) is 7.84. The Morgan fingerprint density at radius 3 is 2.40 bits per heavy atom. The molecule has 0 radical (unpaired) electrons. The maximum Gasteiger partial charge on any atom is 0.0480 e. The molecule has 3 rings (SSSR count). The predicted molar refractivity (Wildman–Crippen MR) is 89.6 cm³/mol. The molecule has 1 nitrogen and oxygen atoms in total. The van der Waals surface area contributed by atoms with E-state index in [2.05, 4.69) is 48.3 Å². The maximum absolute atomic E-state index is 3.81. The fourth-order valence-electron chi connectivity index (χ4n) is 3.69. The molecule has 0 aliphatic heterocycles. The molecule has 20 heavy (non-hydrogen) atoms. The zero-order valence-corrected chi connectivity index (χ0v) is 13.4. The SMILES string of the molecule is CC(Nc1ccccc1SC1CCCC1)C1CCCC1. The third kappa shape index (κ3) is 3.52. The van der Waals surface area contributed by atoms with Gasteiger partial charge >= 0.3 is 0 Å². The molecule has 0 aromatic heterocycles. The average molecular weight is 289 g/mol. The first-order chi connectivity index (χ1) is 9.83. The Balaban J connectivity index is 1.65. The lowest BCUT2D eigenvalue weighted by molar-refractivity contribution is 0.481. The van der Waals surface area contributed by atoms with Gasteiger partial charge in [0.05, 0.1) is 0 Å². The monoisotopic (exact) mass is 289 g/mol. The van der Waals surface area contributed by atoms with Crippen LogP contribution in [0, 0.1) is 5.92 Å². The lowest BCUT2D eigenvalue weighted by Crippen LogP contribution is -2.24. The summed E-state index contributed by atoms with van der Waals surface area (Å²) in [6, 6.07) is 9.53. The van der Waals surface area contributed by atoms with Crippen LogP contribution in [0.15, 0.2) is 29.2 Å². The summed E-state index contributed by atoms with van der Waals surface area (Å²) < 4.78 is 0. The van der Waals surface area contributed by atoms with Crippen molar-refractivity contribution in [3.05, 3.63) is 24.3 Å². The molecular weight excluding hydrogens is 262 g/mol. The van der Waals surface area contributed by atoms with Crippen molar-refractivity contribution in [2.24, 2.45) is 5.92 Å². The largest absolute Gasteiger partial charge is 0.381 e.